The third-order valence-electron chi connectivity index (χ3n) is 4.82. The average Bonchev–Trinajstić information content (AvgIpc) is 2.96. The second kappa shape index (κ2) is 7.13. The summed E-state index contributed by atoms with van der Waals surface area (Å²) in [5, 5.41) is 2.95. The van der Waals surface area contributed by atoms with E-state index >= 15 is 0 Å². The maximum absolute atomic E-state index is 12.2. The lowest BCUT2D eigenvalue weighted by Crippen LogP contribution is -2.42. The van der Waals surface area contributed by atoms with Crippen LogP contribution in [0.1, 0.15) is 39.0 Å². The molecule has 2 aliphatic rings. The number of likely N-dealkylation sites (tertiary alicyclic amines) is 1. The highest BCUT2D eigenvalue weighted by Crippen LogP contribution is 2.23. The predicted molar refractivity (Wildman–Crippen MR) is 91.5 cm³/mol. The van der Waals surface area contributed by atoms with Gasteiger partial charge in [0.05, 0.1) is 6.54 Å². The number of hydrogen-bond donors (Lipinski definition) is 1. The van der Waals surface area contributed by atoms with Gasteiger partial charge in [0.25, 0.3) is 0 Å². The monoisotopic (exact) mass is 315 g/mol. The molecule has 0 unspecified atom stereocenters. The van der Waals surface area contributed by atoms with Crippen molar-refractivity contribution in [3.63, 3.8) is 0 Å². The maximum Gasteiger partial charge on any atom is 0.238 e. The summed E-state index contributed by atoms with van der Waals surface area (Å²) in [4.78, 5) is 28.0. The van der Waals surface area contributed by atoms with E-state index in [0.717, 1.165) is 30.9 Å². The highest BCUT2D eigenvalue weighted by atomic mass is 16.2. The Balaban J connectivity index is 1.55. The Morgan fingerprint density at radius 1 is 1.17 bits per heavy atom. The normalized spacial score (nSPS) is 22.4. The molecule has 1 aromatic rings. The van der Waals surface area contributed by atoms with Gasteiger partial charge in [-0.05, 0) is 57.0 Å². The van der Waals surface area contributed by atoms with E-state index < -0.39 is 0 Å². The standard InChI is InChI=1S/C18H25N3O2/c1-14-5-2-3-11-20(14)13-17(22)19-15-7-9-16(10-8-15)21-12-4-6-18(21)23/h7-10,14H,2-6,11-13H2,1H3,(H,19,22)/t14-/m0/s1. The predicted octanol–water partition coefficient (Wildman–Crippen LogP) is 2.63. The number of piperidine rings is 1. The van der Waals surface area contributed by atoms with Gasteiger partial charge in [-0.3, -0.25) is 14.5 Å². The molecule has 2 aliphatic heterocycles. The molecule has 2 saturated heterocycles. The molecule has 5 nitrogen and oxygen atoms in total. The summed E-state index contributed by atoms with van der Waals surface area (Å²) in [6.45, 7) is 4.43. The van der Waals surface area contributed by atoms with Crippen LogP contribution in [0.25, 0.3) is 0 Å². The molecule has 1 N–H and O–H groups in total. The van der Waals surface area contributed by atoms with Crippen molar-refractivity contribution in [2.45, 2.75) is 45.1 Å². The van der Waals surface area contributed by atoms with Gasteiger partial charge in [0, 0.05) is 30.4 Å². The fraction of sp³-hybridized carbons (Fsp3) is 0.556. The van der Waals surface area contributed by atoms with Crippen LogP contribution in [-0.2, 0) is 9.59 Å². The van der Waals surface area contributed by atoms with Crippen LogP contribution in [0, 0.1) is 0 Å². The Bertz CT molecular complexity index is 570. The highest BCUT2D eigenvalue weighted by molar-refractivity contribution is 5.96. The molecular weight excluding hydrogens is 290 g/mol. The Morgan fingerprint density at radius 3 is 2.61 bits per heavy atom. The van der Waals surface area contributed by atoms with Gasteiger partial charge in [-0.15, -0.1) is 0 Å². The molecule has 3 rings (SSSR count). The molecule has 23 heavy (non-hydrogen) atoms. The van der Waals surface area contributed by atoms with Gasteiger partial charge in [0.15, 0.2) is 0 Å². The summed E-state index contributed by atoms with van der Waals surface area (Å²) < 4.78 is 0. The summed E-state index contributed by atoms with van der Waals surface area (Å²) in [5.41, 5.74) is 1.70. The summed E-state index contributed by atoms with van der Waals surface area (Å²) in [5.74, 6) is 0.213. The van der Waals surface area contributed by atoms with Crippen LogP contribution >= 0.6 is 0 Å². The lowest BCUT2D eigenvalue weighted by molar-refractivity contribution is -0.118. The zero-order valence-electron chi connectivity index (χ0n) is 13.8. The molecule has 0 aromatic heterocycles. The topological polar surface area (TPSA) is 52.7 Å². The largest absolute Gasteiger partial charge is 0.325 e. The molecule has 0 radical (unpaired) electrons. The SMILES string of the molecule is C[C@H]1CCCCN1CC(=O)Nc1ccc(N2CCCC2=O)cc1. The lowest BCUT2D eigenvalue weighted by atomic mass is 10.0. The minimum Gasteiger partial charge on any atom is -0.325 e. The fourth-order valence-corrected chi connectivity index (χ4v) is 3.42. The van der Waals surface area contributed by atoms with Gasteiger partial charge >= 0.3 is 0 Å². The van der Waals surface area contributed by atoms with E-state index in [1.54, 1.807) is 4.90 Å². The fourth-order valence-electron chi connectivity index (χ4n) is 3.42. The zero-order valence-corrected chi connectivity index (χ0v) is 13.8. The summed E-state index contributed by atoms with van der Waals surface area (Å²) >= 11 is 0. The number of amides is 2. The number of rotatable bonds is 4. The summed E-state index contributed by atoms with van der Waals surface area (Å²) in [6, 6.07) is 8.04. The van der Waals surface area contributed by atoms with E-state index in [2.05, 4.69) is 17.1 Å². The first-order valence-corrected chi connectivity index (χ1v) is 8.58. The van der Waals surface area contributed by atoms with Crippen LogP contribution in [-0.4, -0.2) is 42.4 Å². The first kappa shape index (κ1) is 16.0. The van der Waals surface area contributed by atoms with Crippen molar-refractivity contribution < 1.29 is 9.59 Å². The summed E-state index contributed by atoms with van der Waals surface area (Å²) in [6.07, 6.45) is 5.16. The number of benzene rings is 1. The number of carbonyl (C=O) groups is 2. The van der Waals surface area contributed by atoms with Crippen molar-refractivity contribution in [1.29, 1.82) is 0 Å². The van der Waals surface area contributed by atoms with Crippen molar-refractivity contribution in [2.75, 3.05) is 29.9 Å². The van der Waals surface area contributed by atoms with E-state index in [-0.39, 0.29) is 11.8 Å². The van der Waals surface area contributed by atoms with Gasteiger partial charge in [-0.25, -0.2) is 0 Å². The molecule has 2 fully saturated rings. The smallest absolute Gasteiger partial charge is 0.238 e. The molecule has 0 saturated carbocycles. The quantitative estimate of drug-likeness (QED) is 0.929. The maximum atomic E-state index is 12.2. The molecule has 124 valence electrons. The number of nitrogens with zero attached hydrogens (tertiary/aromatic N) is 2. The van der Waals surface area contributed by atoms with Crippen molar-refractivity contribution in [2.24, 2.45) is 0 Å². The summed E-state index contributed by atoms with van der Waals surface area (Å²) in [7, 11) is 0. The minimum atomic E-state index is 0.0312. The molecule has 0 spiro atoms. The van der Waals surface area contributed by atoms with Crippen molar-refractivity contribution >= 4 is 23.2 Å². The van der Waals surface area contributed by atoms with E-state index in [9.17, 15) is 9.59 Å². The second-order valence-electron chi connectivity index (χ2n) is 6.56. The number of nitrogens with one attached hydrogen (secondary N) is 1. The molecule has 1 aromatic carbocycles. The number of carbonyl (C=O) groups excluding carboxylic acids is 2. The third kappa shape index (κ3) is 3.91. The third-order valence-corrected chi connectivity index (χ3v) is 4.82. The molecule has 0 aliphatic carbocycles. The molecular formula is C18H25N3O2. The van der Waals surface area contributed by atoms with Crippen molar-refractivity contribution in [1.82, 2.24) is 4.90 Å². The van der Waals surface area contributed by atoms with Crippen LogP contribution in [0.15, 0.2) is 24.3 Å². The van der Waals surface area contributed by atoms with Crippen LogP contribution in [0.4, 0.5) is 11.4 Å². The highest BCUT2D eigenvalue weighted by Gasteiger charge is 2.22. The Kier molecular flexibility index (Phi) is 4.96. The molecule has 2 heterocycles. The van der Waals surface area contributed by atoms with Gasteiger partial charge in [0.1, 0.15) is 0 Å². The lowest BCUT2D eigenvalue weighted by Gasteiger charge is -2.32. The van der Waals surface area contributed by atoms with E-state index in [4.69, 9.17) is 0 Å². The Hall–Kier alpha value is -1.88. The Morgan fingerprint density at radius 2 is 1.96 bits per heavy atom. The van der Waals surface area contributed by atoms with Crippen LogP contribution in [0.3, 0.4) is 0 Å². The van der Waals surface area contributed by atoms with Crippen molar-refractivity contribution in [3.8, 4) is 0 Å². The first-order valence-electron chi connectivity index (χ1n) is 8.58. The average molecular weight is 315 g/mol. The molecule has 2 amide bonds. The Labute approximate surface area is 137 Å². The van der Waals surface area contributed by atoms with E-state index in [0.29, 0.717) is 19.0 Å². The van der Waals surface area contributed by atoms with E-state index in [1.165, 1.54) is 19.3 Å². The molecule has 0 bridgehead atoms. The number of anilines is 2. The van der Waals surface area contributed by atoms with Crippen molar-refractivity contribution in [3.05, 3.63) is 24.3 Å². The number of hydrogen-bond acceptors (Lipinski definition) is 3. The van der Waals surface area contributed by atoms with Gasteiger partial charge in [-0.2, -0.15) is 0 Å². The zero-order chi connectivity index (χ0) is 16.2. The first-order chi connectivity index (χ1) is 11.1. The van der Waals surface area contributed by atoms with Gasteiger partial charge in [0.2, 0.25) is 11.8 Å². The molecule has 5 heteroatoms. The second-order valence-corrected chi connectivity index (χ2v) is 6.56. The van der Waals surface area contributed by atoms with Gasteiger partial charge < -0.3 is 10.2 Å². The van der Waals surface area contributed by atoms with Gasteiger partial charge in [-0.1, -0.05) is 6.42 Å². The van der Waals surface area contributed by atoms with Crippen LogP contribution in [0.5, 0.6) is 0 Å². The minimum absolute atomic E-state index is 0.0312. The molecule has 1 atom stereocenters. The van der Waals surface area contributed by atoms with E-state index in [1.807, 2.05) is 24.3 Å². The van der Waals surface area contributed by atoms with Crippen LogP contribution in [0.2, 0.25) is 0 Å². The van der Waals surface area contributed by atoms with Crippen LogP contribution < -0.4 is 10.2 Å².